The number of hydrogen-bond acceptors (Lipinski definition) is 7. The summed E-state index contributed by atoms with van der Waals surface area (Å²) in [6.07, 6.45) is -1.29. The molecule has 1 aliphatic carbocycles. The Labute approximate surface area is 258 Å². The van der Waals surface area contributed by atoms with E-state index in [0.29, 0.717) is 50.4 Å². The second-order valence-corrected chi connectivity index (χ2v) is 12.1. The molecule has 11 nitrogen and oxygen atoms in total. The average Bonchev–Trinajstić information content (AvgIpc) is 3.67. The number of likely N-dealkylation sites (tertiary alicyclic amines) is 1. The maximum absolute atomic E-state index is 14.3. The first-order valence-corrected chi connectivity index (χ1v) is 15.5. The van der Waals surface area contributed by atoms with E-state index in [-0.39, 0.29) is 35.8 Å². The smallest absolute Gasteiger partial charge is 0.381 e. The van der Waals surface area contributed by atoms with Gasteiger partial charge in [0.25, 0.3) is 17.7 Å². The van der Waals surface area contributed by atoms with Gasteiger partial charge >= 0.3 is 6.18 Å². The summed E-state index contributed by atoms with van der Waals surface area (Å²) >= 11 is 0. The standard InChI is InChI=1S/C31H36F3N7O4/c1-3-39-28-24(23(17-7-8-17)25(29(39)43)37-27(42)18-5-4-6-19(15-18)31(32,33)34)26(38-41(28)20-10-13-45-14-11-20)30(44)40-12-9-21(36-2)22(40)16-35/h4-6,15,17,20-23,25,36H,3,7-14H2,1-2H3,(H,37,42)/t21-,22+,23+,25+/m1/s1. The number of nitriles is 1. The molecule has 0 spiro atoms. The van der Waals surface area contributed by atoms with Crippen LogP contribution in [-0.4, -0.2) is 83.9 Å². The molecule has 6 rings (SSSR count). The van der Waals surface area contributed by atoms with E-state index in [4.69, 9.17) is 9.84 Å². The van der Waals surface area contributed by atoms with Gasteiger partial charge in [-0.05, 0) is 70.2 Å². The molecule has 0 unspecified atom stereocenters. The highest BCUT2D eigenvalue weighted by Crippen LogP contribution is 2.52. The molecule has 1 aromatic carbocycles. The van der Waals surface area contributed by atoms with Crippen molar-refractivity contribution in [1.29, 1.82) is 5.26 Å². The van der Waals surface area contributed by atoms with Crippen LogP contribution in [0.15, 0.2) is 24.3 Å². The summed E-state index contributed by atoms with van der Waals surface area (Å²) < 4.78 is 47.6. The lowest BCUT2D eigenvalue weighted by Gasteiger charge is -2.39. The summed E-state index contributed by atoms with van der Waals surface area (Å²) in [4.78, 5) is 45.1. The highest BCUT2D eigenvalue weighted by atomic mass is 19.4. The van der Waals surface area contributed by atoms with Gasteiger partial charge in [0.05, 0.1) is 17.7 Å². The minimum Gasteiger partial charge on any atom is -0.381 e. The van der Waals surface area contributed by atoms with Crippen LogP contribution in [0.3, 0.4) is 0 Å². The third-order valence-electron chi connectivity index (χ3n) is 9.49. The van der Waals surface area contributed by atoms with Gasteiger partial charge in [-0.15, -0.1) is 0 Å². The lowest BCUT2D eigenvalue weighted by molar-refractivity contribution is -0.137. The van der Waals surface area contributed by atoms with E-state index >= 15 is 0 Å². The zero-order chi connectivity index (χ0) is 32.0. The molecule has 4 heterocycles. The molecule has 3 amide bonds. The SMILES string of the molecule is CCN1C(=O)[C@@H](NC(=O)c2cccc(C(F)(F)F)c2)[C@@H](C2CC2)c2c(C(=O)N3CC[C@@H](NC)[C@@H]3C#N)nn(C3CCOCC3)c21. The molecule has 45 heavy (non-hydrogen) atoms. The Morgan fingerprint density at radius 3 is 2.51 bits per heavy atom. The van der Waals surface area contributed by atoms with Crippen LogP contribution in [0.1, 0.15) is 83.0 Å². The second kappa shape index (κ2) is 12.1. The Bertz CT molecular complexity index is 1530. The first kappa shape index (κ1) is 31.0. The largest absolute Gasteiger partial charge is 0.416 e. The Balaban J connectivity index is 1.45. The summed E-state index contributed by atoms with van der Waals surface area (Å²) in [6, 6.07) is 4.15. The first-order chi connectivity index (χ1) is 21.6. The number of nitrogens with zero attached hydrogens (tertiary/aromatic N) is 5. The van der Waals surface area contributed by atoms with E-state index in [9.17, 15) is 32.8 Å². The lowest BCUT2D eigenvalue weighted by atomic mass is 9.82. The van der Waals surface area contributed by atoms with Crippen LogP contribution in [0.25, 0.3) is 0 Å². The Morgan fingerprint density at radius 1 is 1.16 bits per heavy atom. The van der Waals surface area contributed by atoms with Gasteiger partial charge in [-0.1, -0.05) is 6.07 Å². The van der Waals surface area contributed by atoms with Gasteiger partial charge in [-0.25, -0.2) is 4.68 Å². The van der Waals surface area contributed by atoms with Crippen molar-refractivity contribution in [2.24, 2.45) is 5.92 Å². The number of benzene rings is 1. The highest BCUT2D eigenvalue weighted by molar-refractivity contribution is 6.07. The quantitative estimate of drug-likeness (QED) is 0.482. The second-order valence-electron chi connectivity index (χ2n) is 12.1. The number of carbonyl (C=O) groups is 3. The summed E-state index contributed by atoms with van der Waals surface area (Å²) in [5.74, 6) is -1.79. The van der Waals surface area contributed by atoms with Crippen molar-refractivity contribution in [2.45, 2.75) is 75.3 Å². The van der Waals surface area contributed by atoms with Crippen LogP contribution >= 0.6 is 0 Å². The number of fused-ring (bicyclic) bond motifs is 1. The maximum Gasteiger partial charge on any atom is 0.416 e. The topological polar surface area (TPSA) is 133 Å². The van der Waals surface area contributed by atoms with E-state index in [1.54, 1.807) is 18.7 Å². The van der Waals surface area contributed by atoms with Crippen molar-refractivity contribution in [3.05, 3.63) is 46.6 Å². The van der Waals surface area contributed by atoms with E-state index in [1.807, 2.05) is 0 Å². The number of alkyl halides is 3. The zero-order valence-electron chi connectivity index (χ0n) is 25.1. The van der Waals surface area contributed by atoms with E-state index in [1.165, 1.54) is 15.9 Å². The molecule has 3 fully saturated rings. The molecule has 2 N–H and O–H groups in total. The normalized spacial score (nSPS) is 25.6. The van der Waals surface area contributed by atoms with Crippen molar-refractivity contribution >= 4 is 23.5 Å². The number of hydrogen-bond donors (Lipinski definition) is 2. The summed E-state index contributed by atoms with van der Waals surface area (Å²) in [5, 5.41) is 20.7. The van der Waals surface area contributed by atoms with Gasteiger partial charge in [0, 0.05) is 49.4 Å². The summed E-state index contributed by atoms with van der Waals surface area (Å²) in [5.41, 5.74) is -0.490. The fourth-order valence-electron chi connectivity index (χ4n) is 7.05. The molecular formula is C31H36F3N7O4. The van der Waals surface area contributed by atoms with E-state index in [2.05, 4.69) is 16.7 Å². The lowest BCUT2D eigenvalue weighted by Crippen LogP contribution is -2.56. The zero-order valence-corrected chi connectivity index (χ0v) is 25.1. The predicted octanol–water partition coefficient (Wildman–Crippen LogP) is 3.24. The summed E-state index contributed by atoms with van der Waals surface area (Å²) in [6.45, 7) is 3.35. The third-order valence-corrected chi connectivity index (χ3v) is 9.49. The van der Waals surface area contributed by atoms with Gasteiger partial charge in [0.1, 0.15) is 17.9 Å². The molecule has 2 aromatic rings. The van der Waals surface area contributed by atoms with Gasteiger partial charge in [0.2, 0.25) is 0 Å². The van der Waals surface area contributed by atoms with E-state index < -0.39 is 47.5 Å². The molecule has 3 aliphatic heterocycles. The van der Waals surface area contributed by atoms with Crippen LogP contribution in [-0.2, 0) is 15.7 Å². The minimum atomic E-state index is -4.64. The number of carbonyl (C=O) groups excluding carboxylic acids is 3. The number of anilines is 1. The minimum absolute atomic E-state index is 0.0483. The molecule has 1 saturated carbocycles. The molecule has 240 valence electrons. The van der Waals surface area contributed by atoms with Gasteiger partial charge < -0.3 is 20.3 Å². The fourth-order valence-corrected chi connectivity index (χ4v) is 7.05. The molecule has 2 saturated heterocycles. The molecular weight excluding hydrogens is 591 g/mol. The molecule has 4 atom stereocenters. The van der Waals surface area contributed by atoms with Gasteiger partial charge in [0.15, 0.2) is 5.69 Å². The average molecular weight is 628 g/mol. The number of aromatic nitrogens is 2. The third kappa shape index (κ3) is 5.56. The molecule has 0 radical (unpaired) electrons. The van der Waals surface area contributed by atoms with Crippen LogP contribution < -0.4 is 15.5 Å². The van der Waals surface area contributed by atoms with Gasteiger partial charge in [-0.2, -0.15) is 23.5 Å². The monoisotopic (exact) mass is 627 g/mol. The highest BCUT2D eigenvalue weighted by Gasteiger charge is 2.53. The van der Waals surface area contributed by atoms with Crippen molar-refractivity contribution in [2.75, 3.05) is 38.3 Å². The van der Waals surface area contributed by atoms with Crippen LogP contribution in [0, 0.1) is 17.2 Å². The van der Waals surface area contributed by atoms with Crippen molar-refractivity contribution < 1.29 is 32.3 Å². The molecule has 0 bridgehead atoms. The van der Waals surface area contributed by atoms with Crippen LogP contribution in [0.5, 0.6) is 0 Å². The van der Waals surface area contributed by atoms with Crippen molar-refractivity contribution in [3.63, 3.8) is 0 Å². The number of amides is 3. The fraction of sp³-hybridized carbons (Fsp3) is 0.581. The Morgan fingerprint density at radius 2 is 1.89 bits per heavy atom. The predicted molar refractivity (Wildman–Crippen MR) is 155 cm³/mol. The number of rotatable bonds is 7. The van der Waals surface area contributed by atoms with E-state index in [0.717, 1.165) is 31.0 Å². The number of halogens is 3. The summed E-state index contributed by atoms with van der Waals surface area (Å²) in [7, 11) is 1.75. The van der Waals surface area contributed by atoms with Gasteiger partial charge in [-0.3, -0.25) is 19.3 Å². The maximum atomic E-state index is 14.3. The van der Waals surface area contributed by atoms with Crippen molar-refractivity contribution in [1.82, 2.24) is 25.3 Å². The molecule has 14 heteroatoms. The first-order valence-electron chi connectivity index (χ1n) is 15.5. The molecule has 1 aromatic heterocycles. The Hall–Kier alpha value is -3.96. The van der Waals surface area contributed by atoms with Crippen LogP contribution in [0.4, 0.5) is 19.0 Å². The number of ether oxygens (including phenoxy) is 1. The Kier molecular flexibility index (Phi) is 8.34. The van der Waals surface area contributed by atoms with Crippen LogP contribution in [0.2, 0.25) is 0 Å². The number of nitrogens with one attached hydrogen (secondary N) is 2. The van der Waals surface area contributed by atoms with Crippen molar-refractivity contribution in [3.8, 4) is 6.07 Å². The molecule has 4 aliphatic rings. The number of likely N-dealkylation sites (N-methyl/N-ethyl adjacent to an activating group) is 2.